The first-order valence-corrected chi connectivity index (χ1v) is 5.45. The smallest absolute Gasteiger partial charge is 0.346 e. The lowest BCUT2D eigenvalue weighted by Gasteiger charge is -2.07. The van der Waals surface area contributed by atoms with E-state index in [1.165, 1.54) is 0 Å². The zero-order chi connectivity index (χ0) is 15.6. The molecule has 0 aromatic heterocycles. The number of rotatable bonds is 4. The van der Waals surface area contributed by atoms with E-state index in [1.54, 1.807) is 0 Å². The van der Waals surface area contributed by atoms with Gasteiger partial charge in [0.25, 0.3) is 5.69 Å². The first kappa shape index (κ1) is 14.3. The van der Waals surface area contributed by atoms with Gasteiger partial charge in [-0.15, -0.1) is 0 Å². The highest BCUT2D eigenvalue weighted by Crippen LogP contribution is 2.35. The molecule has 0 aliphatic heterocycles. The predicted octanol–water partition coefficient (Wildman–Crippen LogP) is 3.57. The summed E-state index contributed by atoms with van der Waals surface area (Å²) in [5.41, 5.74) is -1.45. The molecule has 0 N–H and O–H groups in total. The predicted molar refractivity (Wildman–Crippen MR) is 66.2 cm³/mol. The van der Waals surface area contributed by atoms with Crippen LogP contribution in [0.3, 0.4) is 0 Å². The monoisotopic (exact) mass is 296 g/mol. The molecule has 21 heavy (non-hydrogen) atoms. The van der Waals surface area contributed by atoms with Crippen molar-refractivity contribution in [1.82, 2.24) is 0 Å². The molecule has 0 bridgehead atoms. The normalized spacial score (nSPS) is 10.2. The van der Waals surface area contributed by atoms with E-state index in [9.17, 15) is 29.0 Å². The fraction of sp³-hybridized carbons (Fsp3) is 0. The van der Waals surface area contributed by atoms with E-state index in [0.29, 0.717) is 6.07 Å². The minimum absolute atomic E-state index is 0.491. The summed E-state index contributed by atoms with van der Waals surface area (Å²) >= 11 is 0. The van der Waals surface area contributed by atoms with Gasteiger partial charge in [0.15, 0.2) is 11.6 Å². The average molecular weight is 296 g/mol. The lowest BCUT2D eigenvalue weighted by atomic mass is 10.2. The van der Waals surface area contributed by atoms with Gasteiger partial charge in [-0.3, -0.25) is 20.2 Å². The number of non-ortho nitro benzene ring substituents is 1. The molecule has 0 spiro atoms. The van der Waals surface area contributed by atoms with Gasteiger partial charge in [-0.2, -0.15) is 4.39 Å². The molecule has 0 fully saturated rings. The molecular formula is C12H6F2N2O5. The van der Waals surface area contributed by atoms with Crippen LogP contribution in [0.25, 0.3) is 0 Å². The molecule has 0 aliphatic rings. The van der Waals surface area contributed by atoms with E-state index >= 15 is 0 Å². The molecule has 0 saturated heterocycles. The average Bonchev–Trinajstić information content (AvgIpc) is 2.40. The van der Waals surface area contributed by atoms with Crippen LogP contribution in [-0.4, -0.2) is 9.85 Å². The number of hydrogen-bond donors (Lipinski definition) is 0. The number of benzene rings is 2. The molecule has 0 radical (unpaired) electrons. The van der Waals surface area contributed by atoms with E-state index in [-0.39, 0.29) is 0 Å². The van der Waals surface area contributed by atoms with Crippen molar-refractivity contribution in [1.29, 1.82) is 0 Å². The van der Waals surface area contributed by atoms with E-state index in [1.807, 2.05) is 0 Å². The van der Waals surface area contributed by atoms with Gasteiger partial charge >= 0.3 is 5.69 Å². The topological polar surface area (TPSA) is 95.5 Å². The van der Waals surface area contributed by atoms with Gasteiger partial charge in [-0.25, -0.2) is 4.39 Å². The second-order valence-electron chi connectivity index (χ2n) is 3.82. The van der Waals surface area contributed by atoms with Crippen molar-refractivity contribution in [3.63, 3.8) is 0 Å². The van der Waals surface area contributed by atoms with Crippen LogP contribution in [0.2, 0.25) is 0 Å². The highest BCUT2D eigenvalue weighted by molar-refractivity contribution is 5.50. The molecule has 2 aromatic carbocycles. The Morgan fingerprint density at radius 1 is 0.905 bits per heavy atom. The maximum Gasteiger partial charge on any atom is 0.346 e. The lowest BCUT2D eigenvalue weighted by Crippen LogP contribution is -1.98. The van der Waals surface area contributed by atoms with Gasteiger partial charge in [0.1, 0.15) is 0 Å². The Hall–Kier alpha value is -3.10. The quantitative estimate of drug-likeness (QED) is 0.634. The lowest BCUT2D eigenvalue weighted by molar-refractivity contribution is -0.388. The standard InChI is InChI=1S/C12H6F2N2O5/c13-8-2-1-3-11(12(8)16(19)20)21-10-5-4-7(15(17)18)6-9(10)14/h1-6H. The minimum atomic E-state index is -1.14. The Kier molecular flexibility index (Phi) is 3.74. The van der Waals surface area contributed by atoms with Crippen LogP contribution >= 0.6 is 0 Å². The number of ether oxygens (including phenoxy) is 1. The van der Waals surface area contributed by atoms with Crippen molar-refractivity contribution in [2.75, 3.05) is 0 Å². The number of nitro benzene ring substituents is 2. The molecule has 0 unspecified atom stereocenters. The highest BCUT2D eigenvalue weighted by Gasteiger charge is 2.23. The Balaban J connectivity index is 2.42. The van der Waals surface area contributed by atoms with Gasteiger partial charge in [0, 0.05) is 6.07 Å². The van der Waals surface area contributed by atoms with Crippen molar-refractivity contribution >= 4 is 11.4 Å². The third-order valence-corrected chi connectivity index (χ3v) is 2.48. The summed E-state index contributed by atoms with van der Waals surface area (Å²) in [6.45, 7) is 0. The molecule has 0 aliphatic carbocycles. The fourth-order valence-electron chi connectivity index (χ4n) is 1.56. The highest BCUT2D eigenvalue weighted by atomic mass is 19.1. The summed E-state index contributed by atoms with van der Waals surface area (Å²) in [4.78, 5) is 19.4. The molecule has 0 saturated carbocycles. The molecule has 0 heterocycles. The molecule has 7 nitrogen and oxygen atoms in total. The third kappa shape index (κ3) is 2.91. The largest absolute Gasteiger partial charge is 0.447 e. The summed E-state index contributed by atoms with van der Waals surface area (Å²) in [5.74, 6) is -3.23. The van der Waals surface area contributed by atoms with Gasteiger partial charge < -0.3 is 4.74 Å². The summed E-state index contributed by atoms with van der Waals surface area (Å²) in [6.07, 6.45) is 0. The van der Waals surface area contributed by atoms with Crippen LogP contribution in [0, 0.1) is 31.9 Å². The maximum atomic E-state index is 13.6. The van der Waals surface area contributed by atoms with E-state index in [2.05, 4.69) is 0 Å². The van der Waals surface area contributed by atoms with Crippen molar-refractivity contribution in [3.05, 3.63) is 68.3 Å². The van der Waals surface area contributed by atoms with Crippen molar-refractivity contribution in [3.8, 4) is 11.5 Å². The first-order chi connectivity index (χ1) is 9.90. The number of nitro groups is 2. The number of para-hydroxylation sites is 1. The Bertz CT molecular complexity index is 736. The van der Waals surface area contributed by atoms with Gasteiger partial charge in [0.05, 0.1) is 15.9 Å². The Labute approximate surface area is 115 Å². The van der Waals surface area contributed by atoms with E-state index in [4.69, 9.17) is 4.74 Å². The number of hydrogen-bond acceptors (Lipinski definition) is 5. The molecule has 108 valence electrons. The van der Waals surface area contributed by atoms with Crippen LogP contribution in [0.1, 0.15) is 0 Å². The number of nitrogens with zero attached hydrogens (tertiary/aromatic N) is 2. The van der Waals surface area contributed by atoms with Crippen LogP contribution < -0.4 is 4.74 Å². The molecule has 0 amide bonds. The third-order valence-electron chi connectivity index (χ3n) is 2.48. The molecule has 2 rings (SSSR count). The van der Waals surface area contributed by atoms with Crippen LogP contribution in [0.5, 0.6) is 11.5 Å². The SMILES string of the molecule is O=[N+]([O-])c1ccc(Oc2cccc(F)c2[N+](=O)[O-])c(F)c1. The molecular weight excluding hydrogens is 290 g/mol. The second-order valence-corrected chi connectivity index (χ2v) is 3.82. The molecule has 0 atom stereocenters. The van der Waals surface area contributed by atoms with Crippen molar-refractivity contribution in [2.24, 2.45) is 0 Å². The molecule has 2 aromatic rings. The first-order valence-electron chi connectivity index (χ1n) is 5.45. The Morgan fingerprint density at radius 3 is 2.19 bits per heavy atom. The van der Waals surface area contributed by atoms with Crippen molar-refractivity contribution in [2.45, 2.75) is 0 Å². The maximum absolute atomic E-state index is 13.6. The van der Waals surface area contributed by atoms with Crippen LogP contribution in [-0.2, 0) is 0 Å². The summed E-state index contributed by atoms with van der Waals surface area (Å²) < 4.78 is 31.9. The number of halogens is 2. The summed E-state index contributed by atoms with van der Waals surface area (Å²) in [6, 6.07) is 5.59. The van der Waals surface area contributed by atoms with Crippen LogP contribution in [0.15, 0.2) is 36.4 Å². The van der Waals surface area contributed by atoms with E-state index in [0.717, 1.165) is 30.3 Å². The van der Waals surface area contributed by atoms with Crippen LogP contribution in [0.4, 0.5) is 20.2 Å². The fourth-order valence-corrected chi connectivity index (χ4v) is 1.56. The zero-order valence-corrected chi connectivity index (χ0v) is 10.2. The summed E-state index contributed by atoms with van der Waals surface area (Å²) in [7, 11) is 0. The minimum Gasteiger partial charge on any atom is -0.447 e. The van der Waals surface area contributed by atoms with Gasteiger partial charge in [-0.1, -0.05) is 6.07 Å². The van der Waals surface area contributed by atoms with Crippen molar-refractivity contribution < 1.29 is 23.4 Å². The Morgan fingerprint density at radius 2 is 1.62 bits per heavy atom. The van der Waals surface area contributed by atoms with E-state index < -0.39 is 44.4 Å². The summed E-state index contributed by atoms with van der Waals surface area (Å²) in [5, 5.41) is 21.2. The second kappa shape index (κ2) is 5.49. The van der Waals surface area contributed by atoms with Gasteiger partial charge in [0.2, 0.25) is 11.6 Å². The zero-order valence-electron chi connectivity index (χ0n) is 10.2. The van der Waals surface area contributed by atoms with Gasteiger partial charge in [-0.05, 0) is 18.2 Å². The molecule has 9 heteroatoms.